The number of rotatable bonds is 6. The van der Waals surface area contributed by atoms with Gasteiger partial charge in [-0.05, 0) is 36.6 Å². The van der Waals surface area contributed by atoms with Crippen LogP contribution in [-0.2, 0) is 6.61 Å². The highest BCUT2D eigenvalue weighted by atomic mass is 31.1. The van der Waals surface area contributed by atoms with Gasteiger partial charge in [0.1, 0.15) is 12.4 Å². The fourth-order valence-corrected chi connectivity index (χ4v) is 4.38. The van der Waals surface area contributed by atoms with E-state index in [1.165, 1.54) is 33.0 Å². The Morgan fingerprint density at radius 1 is 0.846 bits per heavy atom. The Balaban J connectivity index is 1.88. The van der Waals surface area contributed by atoms with Crippen LogP contribution in [0.25, 0.3) is 0 Å². The first-order valence-corrected chi connectivity index (χ1v) is 9.86. The normalized spacial score (nSPS) is 11.1. The van der Waals surface area contributed by atoms with Gasteiger partial charge in [-0.25, -0.2) is 0 Å². The summed E-state index contributed by atoms with van der Waals surface area (Å²) in [6.45, 7) is 4.86. The highest BCUT2D eigenvalue weighted by molar-refractivity contribution is 7.56. The maximum Gasteiger partial charge on any atom is 0.130 e. The summed E-state index contributed by atoms with van der Waals surface area (Å²) in [6.07, 6.45) is 0. The highest BCUT2D eigenvalue weighted by Crippen LogP contribution is 2.27. The maximum atomic E-state index is 6.24. The Hall–Kier alpha value is -2.31. The molecule has 0 bridgehead atoms. The first-order valence-electron chi connectivity index (χ1n) is 8.86. The molecule has 0 N–H and O–H groups in total. The molecule has 1 unspecified atom stereocenters. The van der Waals surface area contributed by atoms with Gasteiger partial charge in [-0.1, -0.05) is 69.2 Å². The number of anilines is 1. The number of hydrogen-bond acceptors (Lipinski definition) is 2. The predicted molar refractivity (Wildman–Crippen MR) is 115 cm³/mol. The smallest absolute Gasteiger partial charge is 0.130 e. The lowest BCUT2D eigenvalue weighted by Crippen LogP contribution is -2.19. The Labute approximate surface area is 158 Å². The molecule has 0 amide bonds. The summed E-state index contributed by atoms with van der Waals surface area (Å²) in [4.78, 5) is 2.19. The van der Waals surface area contributed by atoms with E-state index in [0.717, 1.165) is 5.75 Å². The van der Waals surface area contributed by atoms with Gasteiger partial charge in [0, 0.05) is 30.4 Å². The standard InChI is InChI=1S/C23H26NOP/c1-17-13-14-21(20(15-17)24(3)4)26-22-12-8-9-18(2)23(22)25-16-19-10-6-5-7-11-19/h5-15,26H,16H2,1-4H3. The van der Waals surface area contributed by atoms with Crippen molar-refractivity contribution in [1.82, 2.24) is 0 Å². The molecule has 2 nitrogen and oxygen atoms in total. The Kier molecular flexibility index (Phi) is 5.96. The van der Waals surface area contributed by atoms with Crippen LogP contribution in [0, 0.1) is 13.8 Å². The van der Waals surface area contributed by atoms with Crippen LogP contribution in [0.2, 0.25) is 0 Å². The first-order chi connectivity index (χ1) is 12.5. The molecule has 0 saturated heterocycles. The third-order valence-electron chi connectivity index (χ3n) is 4.34. The van der Waals surface area contributed by atoms with E-state index in [4.69, 9.17) is 4.74 Å². The van der Waals surface area contributed by atoms with Crippen molar-refractivity contribution in [3.8, 4) is 5.75 Å². The lowest BCUT2D eigenvalue weighted by molar-refractivity contribution is 0.307. The van der Waals surface area contributed by atoms with Crippen LogP contribution in [0.3, 0.4) is 0 Å². The molecule has 0 heterocycles. The van der Waals surface area contributed by atoms with Crippen molar-refractivity contribution >= 4 is 24.9 Å². The van der Waals surface area contributed by atoms with Gasteiger partial charge in [-0.15, -0.1) is 0 Å². The molecular weight excluding hydrogens is 337 g/mol. The molecule has 134 valence electrons. The van der Waals surface area contributed by atoms with E-state index >= 15 is 0 Å². The summed E-state index contributed by atoms with van der Waals surface area (Å²) in [5.74, 6) is 1.01. The molecule has 26 heavy (non-hydrogen) atoms. The summed E-state index contributed by atoms with van der Waals surface area (Å²) in [6, 6.07) is 23.4. The van der Waals surface area contributed by atoms with E-state index in [0.29, 0.717) is 15.2 Å². The van der Waals surface area contributed by atoms with Crippen LogP contribution >= 0.6 is 8.58 Å². The van der Waals surface area contributed by atoms with Crippen LogP contribution < -0.4 is 20.2 Å². The Morgan fingerprint density at radius 3 is 2.35 bits per heavy atom. The van der Waals surface area contributed by atoms with E-state index in [1.807, 2.05) is 6.07 Å². The maximum absolute atomic E-state index is 6.24. The van der Waals surface area contributed by atoms with Gasteiger partial charge < -0.3 is 9.64 Å². The number of benzene rings is 3. The average Bonchev–Trinajstić information content (AvgIpc) is 2.63. The van der Waals surface area contributed by atoms with Crippen molar-refractivity contribution in [2.75, 3.05) is 19.0 Å². The van der Waals surface area contributed by atoms with Crippen LogP contribution in [0.4, 0.5) is 5.69 Å². The summed E-state index contributed by atoms with van der Waals surface area (Å²) >= 11 is 0. The van der Waals surface area contributed by atoms with E-state index in [9.17, 15) is 0 Å². The summed E-state index contributed by atoms with van der Waals surface area (Å²) in [7, 11) is 4.77. The van der Waals surface area contributed by atoms with Crippen LogP contribution in [-0.4, -0.2) is 14.1 Å². The molecule has 3 aromatic carbocycles. The van der Waals surface area contributed by atoms with Crippen molar-refractivity contribution < 1.29 is 4.74 Å². The molecule has 1 atom stereocenters. The van der Waals surface area contributed by atoms with Crippen molar-refractivity contribution in [3.05, 3.63) is 83.4 Å². The monoisotopic (exact) mass is 363 g/mol. The van der Waals surface area contributed by atoms with Gasteiger partial charge >= 0.3 is 0 Å². The van der Waals surface area contributed by atoms with Crippen molar-refractivity contribution in [1.29, 1.82) is 0 Å². The summed E-state index contributed by atoms with van der Waals surface area (Å²) in [5.41, 5.74) is 4.93. The third kappa shape index (κ3) is 4.45. The molecule has 0 aromatic heterocycles. The molecule has 0 aliphatic heterocycles. The molecule has 3 heteroatoms. The van der Waals surface area contributed by atoms with Gasteiger partial charge in [0.25, 0.3) is 0 Å². The van der Waals surface area contributed by atoms with E-state index in [1.54, 1.807) is 0 Å². The molecule has 3 rings (SSSR count). The molecule has 0 radical (unpaired) electrons. The van der Waals surface area contributed by atoms with Gasteiger partial charge in [-0.3, -0.25) is 0 Å². The number of hydrogen-bond donors (Lipinski definition) is 0. The zero-order valence-electron chi connectivity index (χ0n) is 15.9. The van der Waals surface area contributed by atoms with Gasteiger partial charge in [0.2, 0.25) is 0 Å². The topological polar surface area (TPSA) is 12.5 Å². The second-order valence-electron chi connectivity index (χ2n) is 6.77. The van der Waals surface area contributed by atoms with Crippen LogP contribution in [0.5, 0.6) is 5.75 Å². The second kappa shape index (κ2) is 8.38. The van der Waals surface area contributed by atoms with Crippen molar-refractivity contribution in [3.63, 3.8) is 0 Å². The zero-order chi connectivity index (χ0) is 18.5. The van der Waals surface area contributed by atoms with E-state index < -0.39 is 0 Å². The molecule has 0 saturated carbocycles. The summed E-state index contributed by atoms with van der Waals surface area (Å²) in [5, 5.41) is 2.60. The number of para-hydroxylation sites is 1. The number of aryl methyl sites for hydroxylation is 2. The first kappa shape index (κ1) is 18.5. The lowest BCUT2D eigenvalue weighted by Gasteiger charge is -2.20. The molecular formula is C23H26NOP. The van der Waals surface area contributed by atoms with Gasteiger partial charge in [0.15, 0.2) is 0 Å². The van der Waals surface area contributed by atoms with Crippen molar-refractivity contribution in [2.24, 2.45) is 0 Å². The molecule has 0 spiro atoms. The van der Waals surface area contributed by atoms with Crippen molar-refractivity contribution in [2.45, 2.75) is 20.5 Å². The minimum absolute atomic E-state index is 0.561. The minimum atomic E-state index is 0.561. The lowest BCUT2D eigenvalue weighted by atomic mass is 10.2. The quantitative estimate of drug-likeness (QED) is 0.595. The molecule has 0 aliphatic carbocycles. The zero-order valence-corrected chi connectivity index (χ0v) is 16.9. The molecule has 3 aromatic rings. The number of nitrogens with zero attached hydrogens (tertiary/aromatic N) is 1. The second-order valence-corrected chi connectivity index (χ2v) is 8.09. The van der Waals surface area contributed by atoms with E-state index in [-0.39, 0.29) is 0 Å². The summed E-state index contributed by atoms with van der Waals surface area (Å²) < 4.78 is 6.24. The van der Waals surface area contributed by atoms with E-state index in [2.05, 4.69) is 93.5 Å². The fraction of sp³-hybridized carbons (Fsp3) is 0.217. The number of ether oxygens (including phenoxy) is 1. The largest absolute Gasteiger partial charge is 0.488 e. The average molecular weight is 363 g/mol. The minimum Gasteiger partial charge on any atom is -0.488 e. The Bertz CT molecular complexity index is 875. The van der Waals surface area contributed by atoms with Gasteiger partial charge in [0.05, 0.1) is 0 Å². The van der Waals surface area contributed by atoms with Crippen LogP contribution in [0.15, 0.2) is 66.7 Å². The fourth-order valence-electron chi connectivity index (χ4n) is 2.93. The van der Waals surface area contributed by atoms with Gasteiger partial charge in [-0.2, -0.15) is 0 Å². The molecule has 0 aliphatic rings. The Morgan fingerprint density at radius 2 is 1.62 bits per heavy atom. The molecule has 0 fully saturated rings. The SMILES string of the molecule is Cc1ccc(Pc2cccc(C)c2OCc2ccccc2)c(N(C)C)c1. The predicted octanol–water partition coefficient (Wildman–Crippen LogP) is 4.58. The third-order valence-corrected chi connectivity index (χ3v) is 5.70. The highest BCUT2D eigenvalue weighted by Gasteiger charge is 2.12. The van der Waals surface area contributed by atoms with Crippen LogP contribution in [0.1, 0.15) is 16.7 Å².